The minimum absolute atomic E-state index is 0.421. The summed E-state index contributed by atoms with van der Waals surface area (Å²) in [5.74, 6) is 1.90. The average molecular weight is 224 g/mol. The molecular weight excluding hydrogens is 196 g/mol. The van der Waals surface area contributed by atoms with Crippen LogP contribution in [0.4, 0.5) is 0 Å². The molecule has 1 nitrogen and oxygen atoms in total. The van der Waals surface area contributed by atoms with Gasteiger partial charge in [0, 0.05) is 12.3 Å². The molecule has 16 heavy (non-hydrogen) atoms. The fourth-order valence-corrected chi connectivity index (χ4v) is 2.93. The number of carbonyl (C=O) groups is 1. The number of hydrogen-bond acceptors (Lipinski definition) is 1. The van der Waals surface area contributed by atoms with Crippen LogP contribution in [0.2, 0.25) is 0 Å². The van der Waals surface area contributed by atoms with Crippen LogP contribution in [0.15, 0.2) is 0 Å². The predicted molar refractivity (Wildman–Crippen MR) is 69.5 cm³/mol. The molecule has 0 bridgehead atoms. The third-order valence-corrected chi connectivity index (χ3v) is 4.03. The molecular formula is C15H28O. The molecule has 1 rings (SSSR count). The van der Waals surface area contributed by atoms with E-state index in [1.807, 2.05) is 0 Å². The van der Waals surface area contributed by atoms with Crippen molar-refractivity contribution in [2.45, 2.75) is 78.1 Å². The van der Waals surface area contributed by atoms with Crippen LogP contribution in [-0.2, 0) is 4.79 Å². The van der Waals surface area contributed by atoms with Gasteiger partial charge in [-0.3, -0.25) is 4.79 Å². The van der Waals surface area contributed by atoms with Crippen LogP contribution < -0.4 is 0 Å². The molecule has 0 saturated heterocycles. The van der Waals surface area contributed by atoms with E-state index in [4.69, 9.17) is 0 Å². The molecule has 0 atom stereocenters. The van der Waals surface area contributed by atoms with Crippen LogP contribution in [-0.4, -0.2) is 5.78 Å². The van der Waals surface area contributed by atoms with E-state index in [-0.39, 0.29) is 0 Å². The van der Waals surface area contributed by atoms with Crippen LogP contribution in [0, 0.1) is 11.8 Å². The molecule has 0 unspecified atom stereocenters. The first-order valence-corrected chi connectivity index (χ1v) is 7.30. The second-order valence-electron chi connectivity index (χ2n) is 5.43. The molecule has 0 aromatic rings. The third kappa shape index (κ3) is 4.67. The van der Waals surface area contributed by atoms with Crippen LogP contribution in [0.3, 0.4) is 0 Å². The van der Waals surface area contributed by atoms with Crippen molar-refractivity contribution in [2.24, 2.45) is 11.8 Å². The molecule has 1 saturated carbocycles. The van der Waals surface area contributed by atoms with Crippen LogP contribution in [0.1, 0.15) is 78.1 Å². The summed E-state index contributed by atoms with van der Waals surface area (Å²) >= 11 is 0. The molecule has 0 aliphatic heterocycles. The molecule has 0 amide bonds. The largest absolute Gasteiger partial charge is 0.299 e. The van der Waals surface area contributed by atoms with Gasteiger partial charge >= 0.3 is 0 Å². The zero-order chi connectivity index (χ0) is 11.8. The molecule has 0 aromatic carbocycles. The summed E-state index contributed by atoms with van der Waals surface area (Å²) in [6.45, 7) is 4.46. The van der Waals surface area contributed by atoms with Gasteiger partial charge in [0.2, 0.25) is 0 Å². The molecule has 0 spiro atoms. The Bertz CT molecular complexity index is 190. The SMILES string of the molecule is CCCCCC(=O)C1CCC(CCC)CC1. The molecule has 0 N–H and O–H groups in total. The first-order valence-electron chi connectivity index (χ1n) is 7.30. The standard InChI is InChI=1S/C15H28O/c1-3-5-6-8-15(16)14-11-9-13(7-4-2)10-12-14/h13-14H,3-12H2,1-2H3. The van der Waals surface area contributed by atoms with Crippen molar-refractivity contribution in [2.75, 3.05) is 0 Å². The van der Waals surface area contributed by atoms with Gasteiger partial charge in [0.05, 0.1) is 0 Å². The molecule has 94 valence electrons. The van der Waals surface area contributed by atoms with Gasteiger partial charge in [-0.25, -0.2) is 0 Å². The minimum atomic E-state index is 0.421. The van der Waals surface area contributed by atoms with Gasteiger partial charge in [-0.15, -0.1) is 0 Å². The molecule has 1 heteroatoms. The maximum Gasteiger partial charge on any atom is 0.135 e. The fourth-order valence-electron chi connectivity index (χ4n) is 2.93. The van der Waals surface area contributed by atoms with Crippen molar-refractivity contribution in [3.8, 4) is 0 Å². The molecule has 1 aliphatic carbocycles. The number of rotatable bonds is 7. The van der Waals surface area contributed by atoms with Gasteiger partial charge in [0.15, 0.2) is 0 Å². The molecule has 0 aromatic heterocycles. The molecule has 1 fully saturated rings. The second-order valence-corrected chi connectivity index (χ2v) is 5.43. The minimum Gasteiger partial charge on any atom is -0.299 e. The van der Waals surface area contributed by atoms with E-state index in [0.29, 0.717) is 11.7 Å². The van der Waals surface area contributed by atoms with E-state index in [9.17, 15) is 4.79 Å². The van der Waals surface area contributed by atoms with Crippen LogP contribution in [0.25, 0.3) is 0 Å². The Hall–Kier alpha value is -0.330. The Kier molecular flexibility index (Phi) is 6.75. The summed E-state index contributed by atoms with van der Waals surface area (Å²) < 4.78 is 0. The quantitative estimate of drug-likeness (QED) is 0.571. The van der Waals surface area contributed by atoms with Crippen molar-refractivity contribution in [1.29, 1.82) is 0 Å². The third-order valence-electron chi connectivity index (χ3n) is 4.03. The average Bonchev–Trinajstić information content (AvgIpc) is 2.30. The number of ketones is 1. The van der Waals surface area contributed by atoms with E-state index in [2.05, 4.69) is 13.8 Å². The van der Waals surface area contributed by atoms with Gasteiger partial charge in [0.25, 0.3) is 0 Å². The van der Waals surface area contributed by atoms with Crippen molar-refractivity contribution < 1.29 is 4.79 Å². The Balaban J connectivity index is 2.17. The van der Waals surface area contributed by atoms with Crippen molar-refractivity contribution in [1.82, 2.24) is 0 Å². The Labute approximate surface area is 101 Å². The smallest absolute Gasteiger partial charge is 0.135 e. The van der Waals surface area contributed by atoms with E-state index in [1.54, 1.807) is 0 Å². The predicted octanol–water partition coefficient (Wildman–Crippen LogP) is 4.74. The Morgan fingerprint density at radius 1 is 1.00 bits per heavy atom. The molecule has 0 radical (unpaired) electrons. The lowest BCUT2D eigenvalue weighted by molar-refractivity contribution is -0.124. The summed E-state index contributed by atoms with van der Waals surface area (Å²) in [5, 5.41) is 0. The highest BCUT2D eigenvalue weighted by Gasteiger charge is 2.24. The van der Waals surface area contributed by atoms with Gasteiger partial charge in [-0.1, -0.05) is 39.5 Å². The maximum absolute atomic E-state index is 11.9. The Morgan fingerprint density at radius 2 is 1.69 bits per heavy atom. The molecule has 1 aliphatic rings. The van der Waals surface area contributed by atoms with Crippen molar-refractivity contribution in [3.63, 3.8) is 0 Å². The summed E-state index contributed by atoms with van der Waals surface area (Å²) in [6.07, 6.45) is 12.0. The van der Waals surface area contributed by atoms with Gasteiger partial charge < -0.3 is 0 Å². The summed E-state index contributed by atoms with van der Waals surface area (Å²) in [6, 6.07) is 0. The van der Waals surface area contributed by atoms with Crippen LogP contribution >= 0.6 is 0 Å². The number of Topliss-reactive ketones (excluding diaryl/α,β-unsaturated/α-hetero) is 1. The number of hydrogen-bond donors (Lipinski definition) is 0. The Morgan fingerprint density at radius 3 is 2.25 bits per heavy atom. The lowest BCUT2D eigenvalue weighted by atomic mass is 9.77. The van der Waals surface area contributed by atoms with E-state index < -0.39 is 0 Å². The first kappa shape index (κ1) is 13.7. The van der Waals surface area contributed by atoms with Crippen LogP contribution in [0.5, 0.6) is 0 Å². The second kappa shape index (κ2) is 7.86. The topological polar surface area (TPSA) is 17.1 Å². The zero-order valence-corrected chi connectivity index (χ0v) is 11.1. The summed E-state index contributed by atoms with van der Waals surface area (Å²) in [7, 11) is 0. The zero-order valence-electron chi connectivity index (χ0n) is 11.1. The van der Waals surface area contributed by atoms with E-state index in [0.717, 1.165) is 18.8 Å². The van der Waals surface area contributed by atoms with Gasteiger partial charge in [0.1, 0.15) is 5.78 Å². The lowest BCUT2D eigenvalue weighted by Gasteiger charge is -2.27. The number of carbonyl (C=O) groups excluding carboxylic acids is 1. The van der Waals surface area contributed by atoms with E-state index >= 15 is 0 Å². The highest BCUT2D eigenvalue weighted by molar-refractivity contribution is 5.80. The number of unbranched alkanes of at least 4 members (excludes halogenated alkanes) is 2. The maximum atomic E-state index is 11.9. The normalized spacial score (nSPS) is 25.6. The highest BCUT2D eigenvalue weighted by Crippen LogP contribution is 2.32. The van der Waals surface area contributed by atoms with Gasteiger partial charge in [-0.05, 0) is 38.0 Å². The van der Waals surface area contributed by atoms with Gasteiger partial charge in [-0.2, -0.15) is 0 Å². The lowest BCUT2D eigenvalue weighted by Crippen LogP contribution is -2.21. The van der Waals surface area contributed by atoms with E-state index in [1.165, 1.54) is 51.4 Å². The van der Waals surface area contributed by atoms with Crippen molar-refractivity contribution >= 4 is 5.78 Å². The fraction of sp³-hybridized carbons (Fsp3) is 0.933. The summed E-state index contributed by atoms with van der Waals surface area (Å²) in [4.78, 5) is 11.9. The van der Waals surface area contributed by atoms with Crippen molar-refractivity contribution in [3.05, 3.63) is 0 Å². The molecule has 0 heterocycles. The highest BCUT2D eigenvalue weighted by atomic mass is 16.1. The monoisotopic (exact) mass is 224 g/mol. The summed E-state index contributed by atoms with van der Waals surface area (Å²) in [5.41, 5.74) is 0. The first-order chi connectivity index (χ1) is 7.77.